The molecule has 0 aromatic carbocycles. The molecule has 0 aromatic heterocycles. The zero-order chi connectivity index (χ0) is 8.36. The van der Waals surface area contributed by atoms with E-state index in [9.17, 15) is 20.2 Å². The first kappa shape index (κ1) is 8.58. The molecule has 0 saturated carbocycles. The molecule has 0 atom stereocenters. The summed E-state index contributed by atoms with van der Waals surface area (Å²) >= 11 is 4.63. The van der Waals surface area contributed by atoms with Gasteiger partial charge in [0.1, 0.15) is 9.85 Å². The summed E-state index contributed by atoms with van der Waals surface area (Å²) in [5, 5.41) is 24.0. The predicted octanol–water partition coefficient (Wildman–Crippen LogP) is -0.0440. The van der Waals surface area contributed by atoms with E-state index < -0.39 is 15.0 Å². The number of nitrogens with zero attached hydrogens (tertiary/aromatic N) is 3. The van der Waals surface area contributed by atoms with E-state index in [1.165, 1.54) is 0 Å². The van der Waals surface area contributed by atoms with E-state index in [2.05, 4.69) is 11.6 Å². The van der Waals surface area contributed by atoms with Gasteiger partial charge in [-0.3, -0.25) is 20.2 Å². The Hall–Kier alpha value is -1.42. The maximum Gasteiger partial charge on any atom is 0.625 e. The maximum absolute atomic E-state index is 9.70. The molecule has 0 heterocycles. The van der Waals surface area contributed by atoms with Crippen molar-refractivity contribution in [3.63, 3.8) is 0 Å². The third-order valence-corrected chi connectivity index (χ3v) is 0.987. The van der Waals surface area contributed by atoms with Crippen LogP contribution < -0.4 is 0 Å². The average Bonchev–Trinajstić information content (AvgIpc) is 1.85. The van der Waals surface area contributed by atoms with Crippen molar-refractivity contribution in [3.05, 3.63) is 20.2 Å². The zero-order valence-corrected chi connectivity index (χ0v) is 5.11. The van der Waals surface area contributed by atoms with E-state index in [0.717, 1.165) is 6.07 Å². The molecule has 0 unspecified atom stereocenters. The van der Waals surface area contributed by atoms with Crippen LogP contribution in [0.15, 0.2) is 0 Å². The fourth-order valence-corrected chi connectivity index (χ4v) is 0.148. The standard InChI is InChI=1S/C2ClN3O4/c3-2(1-4,5(7)8)6(9)10. The van der Waals surface area contributed by atoms with Crippen LogP contribution in [0.3, 0.4) is 0 Å². The van der Waals surface area contributed by atoms with E-state index in [1.54, 1.807) is 0 Å². The molecule has 0 saturated heterocycles. The number of alkyl halides is 1. The van der Waals surface area contributed by atoms with Crippen LogP contribution in [0.25, 0.3) is 0 Å². The Balaban J connectivity index is 4.78. The minimum atomic E-state index is -3.24. The Morgan fingerprint density at radius 1 is 1.40 bits per heavy atom. The molecular formula is C2ClN3O4. The third kappa shape index (κ3) is 1.11. The molecular weight excluding hydrogens is 165 g/mol. The van der Waals surface area contributed by atoms with Crippen LogP contribution in [0.4, 0.5) is 0 Å². The van der Waals surface area contributed by atoms with Crippen LogP contribution in [0.1, 0.15) is 0 Å². The molecule has 0 spiro atoms. The van der Waals surface area contributed by atoms with Gasteiger partial charge in [0, 0.05) is 0 Å². The van der Waals surface area contributed by atoms with E-state index in [1.807, 2.05) is 0 Å². The number of nitriles is 1. The molecule has 0 N–H and O–H groups in total. The number of rotatable bonds is 2. The minimum absolute atomic E-state index is 0.745. The van der Waals surface area contributed by atoms with Gasteiger partial charge in [0.15, 0.2) is 0 Å². The first-order valence-corrected chi connectivity index (χ1v) is 2.22. The van der Waals surface area contributed by atoms with Gasteiger partial charge in [-0.1, -0.05) is 0 Å². The maximum atomic E-state index is 9.70. The molecule has 10 heavy (non-hydrogen) atoms. The van der Waals surface area contributed by atoms with E-state index in [0.29, 0.717) is 0 Å². The summed E-state index contributed by atoms with van der Waals surface area (Å²) in [7, 11) is 0. The fourth-order valence-electron chi connectivity index (χ4n) is 0.148. The van der Waals surface area contributed by atoms with Crippen molar-refractivity contribution in [2.45, 2.75) is 5.12 Å². The lowest BCUT2D eigenvalue weighted by molar-refractivity contribution is -0.747. The molecule has 0 fully saturated rings. The van der Waals surface area contributed by atoms with Crippen LogP contribution in [0.5, 0.6) is 0 Å². The SMILES string of the molecule is N#CC(Cl)([N+](=O)[O-])[N+](=O)[O-]. The van der Waals surface area contributed by atoms with Gasteiger partial charge >= 0.3 is 5.12 Å². The Morgan fingerprint density at radius 3 is 1.70 bits per heavy atom. The van der Waals surface area contributed by atoms with Gasteiger partial charge in [-0.15, -0.1) is 0 Å². The summed E-state index contributed by atoms with van der Waals surface area (Å²) in [6, 6.07) is 0.745. The molecule has 0 amide bonds. The van der Waals surface area contributed by atoms with E-state index in [4.69, 9.17) is 5.26 Å². The van der Waals surface area contributed by atoms with Crippen molar-refractivity contribution in [1.29, 1.82) is 5.26 Å². The molecule has 54 valence electrons. The minimum Gasteiger partial charge on any atom is -0.256 e. The molecule has 7 nitrogen and oxygen atoms in total. The van der Waals surface area contributed by atoms with Crippen LogP contribution in [0, 0.1) is 31.6 Å². The van der Waals surface area contributed by atoms with Crippen molar-refractivity contribution in [1.82, 2.24) is 0 Å². The molecule has 0 radical (unpaired) electrons. The molecule has 0 aliphatic heterocycles. The van der Waals surface area contributed by atoms with E-state index >= 15 is 0 Å². The van der Waals surface area contributed by atoms with Crippen LogP contribution in [0.2, 0.25) is 0 Å². The average molecular weight is 165 g/mol. The Kier molecular flexibility index (Phi) is 2.10. The van der Waals surface area contributed by atoms with Gasteiger partial charge in [0.05, 0.1) is 11.6 Å². The van der Waals surface area contributed by atoms with Crippen LogP contribution >= 0.6 is 11.6 Å². The number of halogens is 1. The van der Waals surface area contributed by atoms with Gasteiger partial charge in [-0.25, -0.2) is 0 Å². The molecule has 0 bridgehead atoms. The lowest BCUT2D eigenvalue weighted by atomic mass is 10.6. The molecule has 0 aliphatic carbocycles. The Morgan fingerprint density at radius 2 is 1.70 bits per heavy atom. The largest absolute Gasteiger partial charge is 0.625 e. The molecule has 8 heteroatoms. The fraction of sp³-hybridized carbons (Fsp3) is 0.500. The predicted molar refractivity (Wildman–Crippen MR) is 28.2 cm³/mol. The topological polar surface area (TPSA) is 110 Å². The van der Waals surface area contributed by atoms with Gasteiger partial charge < -0.3 is 0 Å². The second-order valence-corrected chi connectivity index (χ2v) is 1.74. The lowest BCUT2D eigenvalue weighted by Crippen LogP contribution is -2.38. The first-order chi connectivity index (χ1) is 4.45. The quantitative estimate of drug-likeness (QED) is 0.187. The first-order valence-electron chi connectivity index (χ1n) is 1.84. The van der Waals surface area contributed by atoms with Crippen LogP contribution in [-0.2, 0) is 0 Å². The van der Waals surface area contributed by atoms with E-state index in [-0.39, 0.29) is 0 Å². The van der Waals surface area contributed by atoms with Gasteiger partial charge in [-0.2, -0.15) is 5.26 Å². The normalized spacial score (nSPS) is 10.0. The molecule has 0 aromatic rings. The second-order valence-electron chi connectivity index (χ2n) is 1.21. The van der Waals surface area contributed by atoms with Gasteiger partial charge in [0.25, 0.3) is 6.07 Å². The van der Waals surface area contributed by atoms with Gasteiger partial charge in [0.2, 0.25) is 0 Å². The Labute approximate surface area is 59.1 Å². The van der Waals surface area contributed by atoms with Gasteiger partial charge in [-0.05, 0) is 0 Å². The number of hydrogen-bond donors (Lipinski definition) is 0. The summed E-state index contributed by atoms with van der Waals surface area (Å²) < 4.78 is 0. The second kappa shape index (κ2) is 2.45. The number of hydrogen-bond acceptors (Lipinski definition) is 5. The van der Waals surface area contributed by atoms with Crippen LogP contribution in [-0.4, -0.2) is 15.0 Å². The molecule has 0 aliphatic rings. The highest BCUT2D eigenvalue weighted by molar-refractivity contribution is 6.23. The Bertz CT molecular complexity index is 205. The highest BCUT2D eigenvalue weighted by atomic mass is 35.5. The number of nitro groups is 2. The summed E-state index contributed by atoms with van der Waals surface area (Å²) in [5.74, 6) is 0. The van der Waals surface area contributed by atoms with Crippen molar-refractivity contribution >= 4 is 11.6 Å². The lowest BCUT2D eigenvalue weighted by Gasteiger charge is -1.97. The van der Waals surface area contributed by atoms with Crippen molar-refractivity contribution in [2.24, 2.45) is 0 Å². The zero-order valence-electron chi connectivity index (χ0n) is 4.35. The summed E-state index contributed by atoms with van der Waals surface area (Å²) in [6.45, 7) is 0. The summed E-state index contributed by atoms with van der Waals surface area (Å²) in [6.07, 6.45) is 0. The summed E-state index contributed by atoms with van der Waals surface area (Å²) in [4.78, 5) is 16.5. The highest BCUT2D eigenvalue weighted by Crippen LogP contribution is 2.14. The smallest absolute Gasteiger partial charge is 0.256 e. The van der Waals surface area contributed by atoms with Crippen molar-refractivity contribution in [2.75, 3.05) is 0 Å². The summed E-state index contributed by atoms with van der Waals surface area (Å²) in [5.41, 5.74) is 0. The monoisotopic (exact) mass is 165 g/mol. The third-order valence-electron chi connectivity index (χ3n) is 0.626. The highest BCUT2D eigenvalue weighted by Gasteiger charge is 2.55. The van der Waals surface area contributed by atoms with Crippen molar-refractivity contribution in [3.8, 4) is 6.07 Å². The molecule has 0 rings (SSSR count). The van der Waals surface area contributed by atoms with Crippen molar-refractivity contribution < 1.29 is 9.85 Å².